The van der Waals surface area contributed by atoms with Crippen LogP contribution < -0.4 is 0 Å². The molecule has 0 aromatic heterocycles. The van der Waals surface area contributed by atoms with Gasteiger partial charge in [-0.3, -0.25) is 0 Å². The van der Waals surface area contributed by atoms with Gasteiger partial charge in [-0.25, -0.2) is 0 Å². The summed E-state index contributed by atoms with van der Waals surface area (Å²) in [6.07, 6.45) is 22.4. The zero-order valence-electron chi connectivity index (χ0n) is 15.6. The van der Waals surface area contributed by atoms with Gasteiger partial charge in [-0.15, -0.1) is 0 Å². The maximum atomic E-state index is 2.35. The van der Waals surface area contributed by atoms with E-state index in [0.29, 0.717) is 0 Å². The minimum Gasteiger partial charge on any atom is -0.0884 e. The highest BCUT2D eigenvalue weighted by molar-refractivity contribution is 5.00. The van der Waals surface area contributed by atoms with E-state index in [4.69, 9.17) is 0 Å². The van der Waals surface area contributed by atoms with E-state index in [1.54, 1.807) is 5.57 Å². The number of hydrogen-bond donors (Lipinski definition) is 0. The van der Waals surface area contributed by atoms with Crippen LogP contribution in [0.5, 0.6) is 0 Å². The van der Waals surface area contributed by atoms with Crippen molar-refractivity contribution in [1.29, 1.82) is 0 Å². The Bertz CT molecular complexity index is 224. The molecule has 0 aliphatic carbocycles. The third-order valence-corrected chi connectivity index (χ3v) is 4.43. The highest BCUT2D eigenvalue weighted by atomic mass is 14.1. The maximum absolute atomic E-state index is 2.35. The minimum absolute atomic E-state index is 0.813. The molecule has 0 fully saturated rings. The van der Waals surface area contributed by atoms with Crippen LogP contribution in [0.1, 0.15) is 118 Å². The molecule has 0 amide bonds. The monoisotopic (exact) mass is 294 g/mol. The fraction of sp³-hybridized carbons (Fsp3) is 0.905. The van der Waals surface area contributed by atoms with E-state index in [1.807, 2.05) is 0 Å². The van der Waals surface area contributed by atoms with Crippen LogP contribution in [-0.2, 0) is 0 Å². The normalized spacial score (nSPS) is 12.3. The van der Waals surface area contributed by atoms with Gasteiger partial charge < -0.3 is 0 Å². The molecule has 21 heavy (non-hydrogen) atoms. The number of unbranched alkanes of at least 4 members (excludes halogenated alkanes) is 11. The van der Waals surface area contributed by atoms with Crippen molar-refractivity contribution in [3.8, 4) is 0 Å². The summed E-state index contributed by atoms with van der Waals surface area (Å²) in [5.74, 6) is 0.813. The highest BCUT2D eigenvalue weighted by Gasteiger charge is 2.00. The van der Waals surface area contributed by atoms with Gasteiger partial charge in [-0.1, -0.05) is 103 Å². The summed E-state index contributed by atoms with van der Waals surface area (Å²) < 4.78 is 0. The Hall–Kier alpha value is -0.260. The lowest BCUT2D eigenvalue weighted by Crippen LogP contribution is -1.92. The molecule has 0 rings (SSSR count). The van der Waals surface area contributed by atoms with Gasteiger partial charge in [0.2, 0.25) is 0 Å². The predicted molar refractivity (Wildman–Crippen MR) is 98.9 cm³/mol. The summed E-state index contributed by atoms with van der Waals surface area (Å²) in [4.78, 5) is 0. The van der Waals surface area contributed by atoms with Gasteiger partial charge in [0, 0.05) is 0 Å². The molecule has 0 atom stereocenters. The van der Waals surface area contributed by atoms with Gasteiger partial charge in [-0.05, 0) is 32.1 Å². The Morgan fingerprint density at radius 1 is 0.714 bits per heavy atom. The van der Waals surface area contributed by atoms with Crippen LogP contribution in [0.25, 0.3) is 0 Å². The molecule has 0 bridgehead atoms. The highest BCUT2D eigenvalue weighted by Crippen LogP contribution is 2.18. The molecule has 0 saturated carbocycles. The number of rotatable bonds is 15. The SMILES string of the molecule is CC=C(CCCCCCCCCCCCCC)CC(C)C. The van der Waals surface area contributed by atoms with E-state index < -0.39 is 0 Å². The molecular weight excluding hydrogens is 252 g/mol. The molecule has 0 radical (unpaired) electrons. The second kappa shape index (κ2) is 16.1. The van der Waals surface area contributed by atoms with Crippen LogP contribution in [0.3, 0.4) is 0 Å². The second-order valence-electron chi connectivity index (χ2n) is 7.18. The molecule has 0 unspecified atom stereocenters. The molecule has 0 N–H and O–H groups in total. The van der Waals surface area contributed by atoms with E-state index >= 15 is 0 Å². The average molecular weight is 295 g/mol. The molecule has 0 saturated heterocycles. The molecule has 0 aliphatic heterocycles. The fourth-order valence-electron chi connectivity index (χ4n) is 3.08. The van der Waals surface area contributed by atoms with Gasteiger partial charge >= 0.3 is 0 Å². The first-order valence-corrected chi connectivity index (χ1v) is 9.84. The molecule has 0 aliphatic rings. The van der Waals surface area contributed by atoms with E-state index in [0.717, 1.165) is 5.92 Å². The molecule has 0 aromatic carbocycles. The summed E-state index contributed by atoms with van der Waals surface area (Å²) in [7, 11) is 0. The zero-order chi connectivity index (χ0) is 15.8. The van der Waals surface area contributed by atoms with Crippen LogP contribution >= 0.6 is 0 Å². The summed E-state index contributed by atoms with van der Waals surface area (Å²) >= 11 is 0. The van der Waals surface area contributed by atoms with Crippen LogP contribution in [0.15, 0.2) is 11.6 Å². The molecule has 0 nitrogen and oxygen atoms in total. The van der Waals surface area contributed by atoms with Crippen molar-refractivity contribution in [2.75, 3.05) is 0 Å². The van der Waals surface area contributed by atoms with Gasteiger partial charge in [-0.2, -0.15) is 0 Å². The maximum Gasteiger partial charge on any atom is -0.0297 e. The smallest absolute Gasteiger partial charge is 0.0297 e. The van der Waals surface area contributed by atoms with Crippen molar-refractivity contribution >= 4 is 0 Å². The summed E-state index contributed by atoms with van der Waals surface area (Å²) in [6, 6.07) is 0. The van der Waals surface area contributed by atoms with Crippen LogP contribution in [0.2, 0.25) is 0 Å². The Morgan fingerprint density at radius 3 is 1.52 bits per heavy atom. The molecule has 0 heteroatoms. The molecule has 0 heterocycles. The number of allylic oxidation sites excluding steroid dienone is 2. The van der Waals surface area contributed by atoms with Crippen molar-refractivity contribution in [1.82, 2.24) is 0 Å². The van der Waals surface area contributed by atoms with E-state index in [9.17, 15) is 0 Å². The lowest BCUT2D eigenvalue weighted by atomic mass is 9.97. The first-order chi connectivity index (χ1) is 10.2. The van der Waals surface area contributed by atoms with Gasteiger partial charge in [0.1, 0.15) is 0 Å². The predicted octanol–water partition coefficient (Wildman–Crippen LogP) is 8.07. The zero-order valence-corrected chi connectivity index (χ0v) is 15.6. The third-order valence-electron chi connectivity index (χ3n) is 4.43. The van der Waals surface area contributed by atoms with Crippen molar-refractivity contribution in [3.05, 3.63) is 11.6 Å². The van der Waals surface area contributed by atoms with Crippen molar-refractivity contribution in [2.24, 2.45) is 5.92 Å². The number of hydrogen-bond acceptors (Lipinski definition) is 0. The van der Waals surface area contributed by atoms with E-state index in [-0.39, 0.29) is 0 Å². The van der Waals surface area contributed by atoms with Crippen molar-refractivity contribution < 1.29 is 0 Å². The van der Waals surface area contributed by atoms with Crippen molar-refractivity contribution in [3.63, 3.8) is 0 Å². The summed E-state index contributed by atoms with van der Waals surface area (Å²) in [5, 5.41) is 0. The van der Waals surface area contributed by atoms with E-state index in [2.05, 4.69) is 33.8 Å². The van der Waals surface area contributed by atoms with Crippen LogP contribution in [-0.4, -0.2) is 0 Å². The quantitative estimate of drug-likeness (QED) is 0.211. The standard InChI is InChI=1S/C21H42/c1-5-7-8-9-10-11-12-13-14-15-16-17-18-21(6-2)19-20(3)4/h6,20H,5,7-19H2,1-4H3. The average Bonchev–Trinajstić information content (AvgIpc) is 2.46. The van der Waals surface area contributed by atoms with Gasteiger partial charge in [0.25, 0.3) is 0 Å². The minimum atomic E-state index is 0.813. The molecule has 126 valence electrons. The Kier molecular flexibility index (Phi) is 15.9. The van der Waals surface area contributed by atoms with E-state index in [1.165, 1.54) is 89.9 Å². The summed E-state index contributed by atoms with van der Waals surface area (Å²) in [5.41, 5.74) is 1.68. The summed E-state index contributed by atoms with van der Waals surface area (Å²) in [6.45, 7) is 9.15. The van der Waals surface area contributed by atoms with Crippen molar-refractivity contribution in [2.45, 2.75) is 118 Å². The Labute approximate surface area is 135 Å². The second-order valence-corrected chi connectivity index (χ2v) is 7.18. The lowest BCUT2D eigenvalue weighted by molar-refractivity contribution is 0.539. The molecule has 0 aromatic rings. The lowest BCUT2D eigenvalue weighted by Gasteiger charge is -2.09. The topological polar surface area (TPSA) is 0 Å². The first-order valence-electron chi connectivity index (χ1n) is 9.84. The van der Waals surface area contributed by atoms with Gasteiger partial charge in [0.05, 0.1) is 0 Å². The van der Waals surface area contributed by atoms with Crippen LogP contribution in [0.4, 0.5) is 0 Å². The first kappa shape index (κ1) is 20.7. The fourth-order valence-corrected chi connectivity index (χ4v) is 3.08. The third kappa shape index (κ3) is 15.9. The Balaban J connectivity index is 3.22. The van der Waals surface area contributed by atoms with Gasteiger partial charge in [0.15, 0.2) is 0 Å². The largest absolute Gasteiger partial charge is 0.0884 e. The molecule has 0 spiro atoms. The van der Waals surface area contributed by atoms with Crippen LogP contribution in [0, 0.1) is 5.92 Å². The molecular formula is C21H42. The Morgan fingerprint density at radius 2 is 1.14 bits per heavy atom.